The highest BCUT2D eigenvalue weighted by molar-refractivity contribution is 5.91. The van der Waals surface area contributed by atoms with Crippen LogP contribution in [-0.2, 0) is 14.3 Å². The first-order valence-electron chi connectivity index (χ1n) is 9.18. The lowest BCUT2D eigenvalue weighted by Crippen LogP contribution is -2.37. The predicted octanol–water partition coefficient (Wildman–Crippen LogP) is 2.44. The van der Waals surface area contributed by atoms with Gasteiger partial charge in [0.15, 0.2) is 5.76 Å². The topological polar surface area (TPSA) is 59.0 Å². The lowest BCUT2D eigenvalue weighted by atomic mass is 9.73. The van der Waals surface area contributed by atoms with Crippen molar-refractivity contribution in [3.8, 4) is 0 Å². The van der Waals surface area contributed by atoms with Crippen LogP contribution in [0.4, 0.5) is 0 Å². The van der Waals surface area contributed by atoms with Gasteiger partial charge in [0.05, 0.1) is 6.61 Å². The van der Waals surface area contributed by atoms with Crippen molar-refractivity contribution in [2.45, 2.75) is 57.7 Å². The fraction of sp³-hybridized carbons (Fsp3) is 0.833. The normalized spacial score (nSPS) is 28.2. The van der Waals surface area contributed by atoms with Crippen LogP contribution in [0.1, 0.15) is 51.4 Å². The molecule has 2 fully saturated rings. The first-order chi connectivity index (χ1) is 11.3. The lowest BCUT2D eigenvalue weighted by molar-refractivity contribution is -0.157. The minimum Gasteiger partial charge on any atom is -0.459 e. The number of hydrogen-bond donors (Lipinski definition) is 1. The van der Waals surface area contributed by atoms with Crippen LogP contribution >= 0.6 is 0 Å². The van der Waals surface area contributed by atoms with Crippen LogP contribution in [0.25, 0.3) is 0 Å². The molecular formula is C18H29NO4. The fourth-order valence-corrected chi connectivity index (χ4v) is 3.64. The van der Waals surface area contributed by atoms with E-state index in [9.17, 15) is 4.79 Å². The number of likely N-dealkylation sites (tertiary alicyclic amines) is 1. The Labute approximate surface area is 138 Å². The molecule has 5 heteroatoms. The minimum absolute atomic E-state index is 0.0375. The van der Waals surface area contributed by atoms with E-state index in [0.29, 0.717) is 24.2 Å². The van der Waals surface area contributed by atoms with Gasteiger partial charge in [-0.3, -0.25) is 4.79 Å². The summed E-state index contributed by atoms with van der Waals surface area (Å²) in [6.07, 6.45) is 10.2. The molecule has 0 bridgehead atoms. The van der Waals surface area contributed by atoms with Crippen LogP contribution in [0.15, 0.2) is 11.8 Å². The van der Waals surface area contributed by atoms with E-state index in [4.69, 9.17) is 14.6 Å². The summed E-state index contributed by atoms with van der Waals surface area (Å²) in [5, 5.41) is 8.85. The Morgan fingerprint density at radius 1 is 1.26 bits per heavy atom. The second-order valence-electron chi connectivity index (χ2n) is 6.97. The average Bonchev–Trinajstić information content (AvgIpc) is 3.03. The third-order valence-corrected chi connectivity index (χ3v) is 5.30. The van der Waals surface area contributed by atoms with Crippen molar-refractivity contribution in [3.05, 3.63) is 11.8 Å². The summed E-state index contributed by atoms with van der Waals surface area (Å²) in [5.74, 6) is 1.63. The summed E-state index contributed by atoms with van der Waals surface area (Å²) in [7, 11) is 0. The van der Waals surface area contributed by atoms with Crippen LogP contribution in [0.5, 0.6) is 0 Å². The molecule has 3 aliphatic rings. The number of unbranched alkanes of at least 4 members (excludes halogenated alkanes) is 1. The molecule has 0 aromatic heterocycles. The summed E-state index contributed by atoms with van der Waals surface area (Å²) in [4.78, 5) is 14.5. The average molecular weight is 323 g/mol. The van der Waals surface area contributed by atoms with Gasteiger partial charge in [-0.15, -0.1) is 0 Å². The minimum atomic E-state index is -0.314. The van der Waals surface area contributed by atoms with Crippen molar-refractivity contribution in [3.63, 3.8) is 0 Å². The molecule has 23 heavy (non-hydrogen) atoms. The molecule has 2 aliphatic heterocycles. The highest BCUT2D eigenvalue weighted by Gasteiger charge is 2.36. The first kappa shape index (κ1) is 16.8. The van der Waals surface area contributed by atoms with Crippen molar-refractivity contribution in [2.24, 2.45) is 11.8 Å². The van der Waals surface area contributed by atoms with Crippen LogP contribution in [-0.4, -0.2) is 48.5 Å². The summed E-state index contributed by atoms with van der Waals surface area (Å²) >= 11 is 0. The highest BCUT2D eigenvalue weighted by atomic mass is 16.7. The van der Waals surface area contributed by atoms with Gasteiger partial charge in [0.25, 0.3) is 5.91 Å². The van der Waals surface area contributed by atoms with Crippen molar-refractivity contribution in [1.29, 1.82) is 0 Å². The van der Waals surface area contributed by atoms with E-state index in [1.165, 1.54) is 19.3 Å². The number of carbonyl (C=O) groups is 1. The fourth-order valence-electron chi connectivity index (χ4n) is 3.64. The summed E-state index contributed by atoms with van der Waals surface area (Å²) in [5.41, 5.74) is 0. The number of aliphatic hydroxyl groups excluding tert-OH is 1. The molecule has 0 unspecified atom stereocenters. The molecule has 1 saturated heterocycles. The lowest BCUT2D eigenvalue weighted by Gasteiger charge is -2.37. The molecular weight excluding hydrogens is 294 g/mol. The maximum Gasteiger partial charge on any atom is 0.288 e. The van der Waals surface area contributed by atoms with Gasteiger partial charge in [0, 0.05) is 26.1 Å². The second kappa shape index (κ2) is 8.15. The number of allylic oxidation sites excluding steroid dienone is 1. The predicted molar refractivity (Wildman–Crippen MR) is 86.5 cm³/mol. The number of aliphatic hydroxyl groups is 1. The van der Waals surface area contributed by atoms with Gasteiger partial charge in [-0.1, -0.05) is 6.42 Å². The van der Waals surface area contributed by atoms with E-state index in [1.807, 2.05) is 4.90 Å². The smallest absolute Gasteiger partial charge is 0.288 e. The molecule has 0 aromatic carbocycles. The molecule has 1 amide bonds. The number of amides is 1. The Bertz CT molecular complexity index is 427. The molecule has 3 rings (SSSR count). The van der Waals surface area contributed by atoms with E-state index in [1.54, 1.807) is 0 Å². The second-order valence-corrected chi connectivity index (χ2v) is 6.97. The first-order valence-corrected chi connectivity index (χ1v) is 9.18. The Morgan fingerprint density at radius 2 is 2.04 bits per heavy atom. The van der Waals surface area contributed by atoms with Gasteiger partial charge in [0.2, 0.25) is 6.29 Å². The standard InChI is InChI=1S/C18H29NO4/c20-10-3-4-11-22-17-13-15(14-6-5-7-14)12-16(23-17)18(21)19-8-1-2-9-19/h12,14-15,17,20H,1-11,13H2/t15-,17+/m0/s1. The summed E-state index contributed by atoms with van der Waals surface area (Å²) < 4.78 is 11.7. The molecule has 1 N–H and O–H groups in total. The number of nitrogens with zero attached hydrogens (tertiary/aromatic N) is 1. The molecule has 5 nitrogen and oxygen atoms in total. The zero-order valence-corrected chi connectivity index (χ0v) is 13.9. The Hall–Kier alpha value is -1.07. The number of ether oxygens (including phenoxy) is 2. The summed E-state index contributed by atoms with van der Waals surface area (Å²) in [6, 6.07) is 0. The zero-order chi connectivity index (χ0) is 16.1. The SMILES string of the molecule is O=C(C1=C[C@H](C2CCC2)C[C@H](OCCCCO)O1)N1CCCC1. The largest absolute Gasteiger partial charge is 0.459 e. The third kappa shape index (κ3) is 4.27. The van der Waals surface area contributed by atoms with E-state index < -0.39 is 0 Å². The Balaban J connectivity index is 1.60. The van der Waals surface area contributed by atoms with Crippen molar-refractivity contribution < 1.29 is 19.4 Å². The van der Waals surface area contributed by atoms with E-state index >= 15 is 0 Å². The van der Waals surface area contributed by atoms with Gasteiger partial charge < -0.3 is 19.5 Å². The van der Waals surface area contributed by atoms with E-state index in [2.05, 4.69) is 6.08 Å². The van der Waals surface area contributed by atoms with Gasteiger partial charge in [0.1, 0.15) is 0 Å². The van der Waals surface area contributed by atoms with Crippen LogP contribution in [0, 0.1) is 11.8 Å². The zero-order valence-electron chi connectivity index (χ0n) is 13.9. The monoisotopic (exact) mass is 323 g/mol. The van der Waals surface area contributed by atoms with Crippen LogP contribution in [0.3, 0.4) is 0 Å². The molecule has 1 aliphatic carbocycles. The molecule has 130 valence electrons. The highest BCUT2D eigenvalue weighted by Crippen LogP contribution is 2.40. The number of hydrogen-bond acceptors (Lipinski definition) is 4. The van der Waals surface area contributed by atoms with Crippen molar-refractivity contribution in [1.82, 2.24) is 4.90 Å². The molecule has 2 atom stereocenters. The summed E-state index contributed by atoms with van der Waals surface area (Å²) in [6.45, 7) is 2.46. The van der Waals surface area contributed by atoms with Gasteiger partial charge >= 0.3 is 0 Å². The Morgan fingerprint density at radius 3 is 2.70 bits per heavy atom. The number of carbonyl (C=O) groups excluding carboxylic acids is 1. The molecule has 0 spiro atoms. The maximum absolute atomic E-state index is 12.6. The third-order valence-electron chi connectivity index (χ3n) is 5.30. The Kier molecular flexibility index (Phi) is 5.95. The quantitative estimate of drug-likeness (QED) is 0.731. The van der Waals surface area contributed by atoms with Gasteiger partial charge in [-0.2, -0.15) is 0 Å². The molecule has 0 aromatic rings. The van der Waals surface area contributed by atoms with Gasteiger partial charge in [-0.25, -0.2) is 0 Å². The van der Waals surface area contributed by atoms with E-state index in [-0.39, 0.29) is 18.8 Å². The maximum atomic E-state index is 12.6. The molecule has 2 heterocycles. The van der Waals surface area contributed by atoms with Crippen LogP contribution < -0.4 is 0 Å². The van der Waals surface area contributed by atoms with Crippen molar-refractivity contribution in [2.75, 3.05) is 26.3 Å². The van der Waals surface area contributed by atoms with Crippen LogP contribution in [0.2, 0.25) is 0 Å². The number of rotatable bonds is 7. The van der Waals surface area contributed by atoms with Gasteiger partial charge in [-0.05, 0) is 56.4 Å². The molecule has 1 saturated carbocycles. The van der Waals surface area contributed by atoms with Crippen molar-refractivity contribution >= 4 is 5.91 Å². The molecule has 0 radical (unpaired) electrons. The van der Waals surface area contributed by atoms with E-state index in [0.717, 1.165) is 45.2 Å².